The Morgan fingerprint density at radius 1 is 1.08 bits per heavy atom. The predicted octanol–water partition coefficient (Wildman–Crippen LogP) is 3.33. The first-order chi connectivity index (χ1) is 6.08. The molecule has 0 aliphatic heterocycles. The quantitative estimate of drug-likeness (QED) is 0.586. The Balaban J connectivity index is 2.75. The summed E-state index contributed by atoms with van der Waals surface area (Å²) in [7, 11) is 0. The third-order valence-electron chi connectivity index (χ3n) is 1.32. The van der Waals surface area contributed by atoms with Crippen LogP contribution in [0.1, 0.15) is 0 Å². The van der Waals surface area contributed by atoms with E-state index in [1.807, 2.05) is 30.3 Å². The van der Waals surface area contributed by atoms with Crippen LogP contribution in [-0.4, -0.2) is 24.7 Å². The van der Waals surface area contributed by atoms with Gasteiger partial charge in [0.15, 0.2) is 0 Å². The van der Waals surface area contributed by atoms with Gasteiger partial charge in [-0.15, -0.1) is 0 Å². The van der Waals surface area contributed by atoms with Gasteiger partial charge in [0.2, 0.25) is 0 Å². The number of rotatable bonds is 2. The fourth-order valence-electron chi connectivity index (χ4n) is 0.735. The van der Waals surface area contributed by atoms with E-state index in [-0.39, 0.29) is 0 Å². The van der Waals surface area contributed by atoms with Crippen molar-refractivity contribution in [2.24, 2.45) is 8.21 Å². The first-order valence-electron chi connectivity index (χ1n) is 4.31. The summed E-state index contributed by atoms with van der Waals surface area (Å²) in [6, 6.07) is 12.6. The summed E-state index contributed by atoms with van der Waals surface area (Å²) in [4.78, 5) is 10.8. The predicted molar refractivity (Wildman–Crippen MR) is 59.3 cm³/mol. The molecule has 0 bridgehead atoms. The Hall–Kier alpha value is -0.601. The van der Waals surface area contributed by atoms with Crippen LogP contribution in [0.15, 0.2) is 38.5 Å². The van der Waals surface area contributed by atoms with E-state index in [2.05, 4.69) is 29.0 Å². The monoisotopic (exact) mass is 282 g/mol. The maximum absolute atomic E-state index is 4.35. The summed E-state index contributed by atoms with van der Waals surface area (Å²) in [5.74, 6) is 0. The van der Waals surface area contributed by atoms with Crippen molar-refractivity contribution in [3.05, 3.63) is 30.3 Å². The van der Waals surface area contributed by atoms with Crippen LogP contribution < -0.4 is 0 Å². The van der Waals surface area contributed by atoms with Gasteiger partial charge in [0.25, 0.3) is 0 Å². The van der Waals surface area contributed by atoms with E-state index in [0.29, 0.717) is 0 Å². The Morgan fingerprint density at radius 2 is 1.69 bits per heavy atom. The van der Waals surface area contributed by atoms with E-state index < -0.39 is 18.7 Å². The molecule has 0 saturated carbocycles. The summed E-state index contributed by atoms with van der Waals surface area (Å²) in [6.45, 7) is 0. The zero-order chi connectivity index (χ0) is 9.73. The molecule has 0 N–H and O–H groups in total. The van der Waals surface area contributed by atoms with Crippen molar-refractivity contribution in [1.29, 1.82) is 0 Å². The van der Waals surface area contributed by atoms with E-state index in [9.17, 15) is 0 Å². The molecule has 0 unspecified atom stereocenters. The molecule has 0 aliphatic carbocycles. The number of aliphatic imine (C=N–C) groups is 1. The third kappa shape index (κ3) is 4.86. The molecule has 0 radical (unpaired) electrons. The average molecular weight is 281 g/mol. The van der Waals surface area contributed by atoms with Crippen LogP contribution in [0, 0.1) is 0 Å². The molecule has 0 heterocycles. The van der Waals surface area contributed by atoms with Crippen LogP contribution in [0.3, 0.4) is 0 Å². The number of hydrogen-bond donors (Lipinski definition) is 0. The Kier molecular flexibility index (Phi) is 3.69. The Bertz CT molecular complexity index is 319. The molecule has 0 atom stereocenters. The summed E-state index contributed by atoms with van der Waals surface area (Å²) in [6.07, 6.45) is 0. The summed E-state index contributed by atoms with van der Waals surface area (Å²) in [5.41, 5.74) is 0.918. The second-order valence-electron chi connectivity index (χ2n) is 3.83. The van der Waals surface area contributed by atoms with Crippen molar-refractivity contribution >= 4 is 30.3 Å². The molecule has 0 spiro atoms. The minimum atomic E-state index is -2.05. The molecular formula is C10H14N2Sn. The van der Waals surface area contributed by atoms with Crippen LogP contribution in [0.2, 0.25) is 14.8 Å². The van der Waals surface area contributed by atoms with Crippen LogP contribution in [0.5, 0.6) is 0 Å². The second kappa shape index (κ2) is 4.58. The van der Waals surface area contributed by atoms with Gasteiger partial charge >= 0.3 is 83.7 Å². The molecule has 2 nitrogen and oxygen atoms in total. The van der Waals surface area contributed by atoms with E-state index in [1.165, 1.54) is 0 Å². The molecule has 68 valence electrons. The van der Waals surface area contributed by atoms with E-state index in [4.69, 9.17) is 0 Å². The third-order valence-corrected chi connectivity index (χ3v) is 3.52. The van der Waals surface area contributed by atoms with Crippen LogP contribution in [0.25, 0.3) is 0 Å². The molecule has 0 amide bonds. The molecule has 0 aromatic heterocycles. The summed E-state index contributed by atoms with van der Waals surface area (Å²) in [5, 5.41) is 0. The van der Waals surface area contributed by atoms with Crippen molar-refractivity contribution < 1.29 is 0 Å². The van der Waals surface area contributed by atoms with E-state index in [0.717, 1.165) is 5.69 Å². The summed E-state index contributed by atoms with van der Waals surface area (Å²) < 4.78 is 4.35. The Labute approximate surface area is 83.7 Å². The van der Waals surface area contributed by atoms with Crippen molar-refractivity contribution in [3.63, 3.8) is 0 Å². The molecule has 1 aromatic carbocycles. The first-order valence-corrected chi connectivity index (χ1v) is 14.1. The van der Waals surface area contributed by atoms with Gasteiger partial charge in [0.1, 0.15) is 0 Å². The van der Waals surface area contributed by atoms with Gasteiger partial charge in [-0.25, -0.2) is 0 Å². The molecular weight excluding hydrogens is 267 g/mol. The normalized spacial score (nSPS) is 10.4. The van der Waals surface area contributed by atoms with Gasteiger partial charge in [-0.1, -0.05) is 0 Å². The standard InChI is InChI=1S/C7H5N2.3CH3.Sn/c8-6-9-7-4-2-1-3-5-7;;;;/h1-5H;3*1H3;/q-1;;;;+1. The van der Waals surface area contributed by atoms with Crippen molar-refractivity contribution in [1.82, 2.24) is 0 Å². The van der Waals surface area contributed by atoms with Gasteiger partial charge in [0.05, 0.1) is 0 Å². The van der Waals surface area contributed by atoms with Crippen LogP contribution in [0.4, 0.5) is 5.69 Å². The molecule has 0 fully saturated rings. The molecule has 1 aromatic rings. The number of nitrogens with zero attached hydrogens (tertiary/aromatic N) is 2. The van der Waals surface area contributed by atoms with Gasteiger partial charge in [0, 0.05) is 0 Å². The average Bonchev–Trinajstić information content (AvgIpc) is 2.04. The van der Waals surface area contributed by atoms with Crippen molar-refractivity contribution in [3.8, 4) is 0 Å². The second-order valence-corrected chi connectivity index (χ2v) is 16.9. The molecule has 0 aliphatic rings. The van der Waals surface area contributed by atoms with Gasteiger partial charge < -0.3 is 0 Å². The number of para-hydroxylation sites is 1. The Morgan fingerprint density at radius 3 is 2.23 bits per heavy atom. The fraction of sp³-hybridized carbons (Fsp3) is 0.300. The van der Waals surface area contributed by atoms with Crippen LogP contribution >= 0.6 is 0 Å². The maximum atomic E-state index is 4.35. The number of benzene rings is 1. The van der Waals surface area contributed by atoms with Gasteiger partial charge in [-0.3, -0.25) is 0 Å². The zero-order valence-electron chi connectivity index (χ0n) is 8.28. The summed E-state index contributed by atoms with van der Waals surface area (Å²) >= 11 is -2.05. The zero-order valence-corrected chi connectivity index (χ0v) is 11.1. The molecule has 13 heavy (non-hydrogen) atoms. The van der Waals surface area contributed by atoms with Gasteiger partial charge in [-0.2, -0.15) is 0 Å². The first kappa shape index (κ1) is 10.5. The van der Waals surface area contributed by atoms with Gasteiger partial charge in [-0.05, 0) is 0 Å². The van der Waals surface area contributed by atoms with E-state index >= 15 is 0 Å². The van der Waals surface area contributed by atoms with E-state index in [1.54, 1.807) is 0 Å². The van der Waals surface area contributed by atoms with Crippen molar-refractivity contribution in [2.45, 2.75) is 14.8 Å². The molecule has 3 heteroatoms. The topological polar surface area (TPSA) is 24.7 Å². The molecule has 1 rings (SSSR count). The number of hydrogen-bond acceptors (Lipinski definition) is 2. The van der Waals surface area contributed by atoms with Crippen LogP contribution in [-0.2, 0) is 0 Å². The SMILES string of the molecule is [CH3][Sn]([CH3])([CH3])[N]=C=Nc1ccccc1. The van der Waals surface area contributed by atoms with Crippen molar-refractivity contribution in [2.75, 3.05) is 0 Å². The minimum absolute atomic E-state index is 0.918. The molecule has 0 saturated heterocycles. The fourth-order valence-corrected chi connectivity index (χ4v) is 1.73.